The van der Waals surface area contributed by atoms with Gasteiger partial charge in [-0.1, -0.05) is 24.3 Å². The molecule has 0 aliphatic carbocycles. The third-order valence-corrected chi connectivity index (χ3v) is 2.44. The molecule has 0 saturated carbocycles. The first kappa shape index (κ1) is 14.7. The van der Waals surface area contributed by atoms with Gasteiger partial charge in [0.1, 0.15) is 6.29 Å². The van der Waals surface area contributed by atoms with Gasteiger partial charge in [0, 0.05) is 11.3 Å². The maximum absolute atomic E-state index is 10.8. The Morgan fingerprint density at radius 3 is 2.53 bits per heavy atom. The van der Waals surface area contributed by atoms with Crippen molar-refractivity contribution in [2.24, 2.45) is 0 Å². The number of carboxylic acid groups (broad SMARTS) is 1. The third-order valence-electron chi connectivity index (χ3n) is 2.44. The molecule has 4 nitrogen and oxygen atoms in total. The number of carbonyl (C=O) groups is 2. The van der Waals surface area contributed by atoms with Crippen LogP contribution in [0.25, 0.3) is 0 Å². The summed E-state index contributed by atoms with van der Waals surface area (Å²) in [6.45, 7) is 1.89. The number of hydrogen-bond acceptors (Lipinski definition) is 3. The quantitative estimate of drug-likeness (QED) is 0.583. The summed E-state index contributed by atoms with van der Waals surface area (Å²) in [4.78, 5) is 21.3. The van der Waals surface area contributed by atoms with Gasteiger partial charge in [0.2, 0.25) is 0 Å². The SMILES string of the molecule is CC=CC=C[C@@H](CC(=O)O)Nc1ccc(C=O)cc1. The molecule has 0 heterocycles. The van der Waals surface area contributed by atoms with Gasteiger partial charge in [0.15, 0.2) is 0 Å². The van der Waals surface area contributed by atoms with Crippen LogP contribution in [0.15, 0.2) is 48.6 Å². The summed E-state index contributed by atoms with van der Waals surface area (Å²) in [5.74, 6) is -0.868. The lowest BCUT2D eigenvalue weighted by molar-refractivity contribution is -0.137. The fourth-order valence-electron chi connectivity index (χ4n) is 1.54. The van der Waals surface area contributed by atoms with Crippen LogP contribution in [0.4, 0.5) is 5.69 Å². The molecule has 2 N–H and O–H groups in total. The molecular weight excluding hydrogens is 242 g/mol. The number of nitrogens with one attached hydrogen (secondary N) is 1. The molecular formula is C15H17NO3. The molecule has 1 rings (SSSR count). The van der Waals surface area contributed by atoms with Crippen LogP contribution in [-0.4, -0.2) is 23.4 Å². The molecule has 100 valence electrons. The fourth-order valence-corrected chi connectivity index (χ4v) is 1.54. The Hall–Kier alpha value is -2.36. The van der Waals surface area contributed by atoms with E-state index in [1.165, 1.54) is 0 Å². The van der Waals surface area contributed by atoms with Gasteiger partial charge in [-0.05, 0) is 31.2 Å². The molecule has 0 unspecified atom stereocenters. The van der Waals surface area contributed by atoms with Crippen LogP contribution >= 0.6 is 0 Å². The lowest BCUT2D eigenvalue weighted by Crippen LogP contribution is -2.20. The van der Waals surface area contributed by atoms with Crippen molar-refractivity contribution in [3.8, 4) is 0 Å². The molecule has 0 radical (unpaired) electrons. The highest BCUT2D eigenvalue weighted by Crippen LogP contribution is 2.12. The predicted molar refractivity (Wildman–Crippen MR) is 75.4 cm³/mol. The number of benzene rings is 1. The van der Waals surface area contributed by atoms with Gasteiger partial charge < -0.3 is 10.4 Å². The van der Waals surface area contributed by atoms with Gasteiger partial charge in [-0.3, -0.25) is 9.59 Å². The topological polar surface area (TPSA) is 66.4 Å². The summed E-state index contributed by atoms with van der Waals surface area (Å²) in [5.41, 5.74) is 1.37. The van der Waals surface area contributed by atoms with Crippen LogP contribution in [0, 0.1) is 0 Å². The standard InChI is InChI=1S/C15H17NO3/c1-2-3-4-5-14(10-15(18)19)16-13-8-6-12(11-17)7-9-13/h2-9,11,14,16H,10H2,1H3,(H,18,19)/t14-/m0/s1. The van der Waals surface area contributed by atoms with Crippen LogP contribution < -0.4 is 5.32 Å². The molecule has 0 bridgehead atoms. The fraction of sp³-hybridized carbons (Fsp3) is 0.200. The molecule has 0 aliphatic rings. The van der Waals surface area contributed by atoms with Crippen LogP contribution in [0.1, 0.15) is 23.7 Å². The predicted octanol–water partition coefficient (Wildman–Crippen LogP) is 2.89. The Balaban J connectivity index is 2.74. The highest BCUT2D eigenvalue weighted by atomic mass is 16.4. The monoisotopic (exact) mass is 259 g/mol. The molecule has 1 aromatic rings. The Morgan fingerprint density at radius 2 is 2.00 bits per heavy atom. The van der Waals surface area contributed by atoms with Crippen molar-refractivity contribution in [3.05, 3.63) is 54.1 Å². The lowest BCUT2D eigenvalue weighted by atomic mass is 10.1. The molecule has 0 aliphatic heterocycles. The minimum atomic E-state index is -0.868. The molecule has 4 heteroatoms. The van der Waals surface area contributed by atoms with E-state index in [9.17, 15) is 9.59 Å². The molecule has 1 aromatic carbocycles. The number of aliphatic carboxylic acids is 1. The third kappa shape index (κ3) is 5.68. The van der Waals surface area contributed by atoms with Gasteiger partial charge in [-0.15, -0.1) is 0 Å². The Bertz CT molecular complexity index is 475. The van der Waals surface area contributed by atoms with E-state index in [4.69, 9.17) is 5.11 Å². The first-order chi connectivity index (χ1) is 9.15. The first-order valence-electron chi connectivity index (χ1n) is 5.98. The van der Waals surface area contributed by atoms with E-state index in [2.05, 4.69) is 5.32 Å². The second-order valence-electron chi connectivity index (χ2n) is 4.00. The Labute approximate surface area is 112 Å². The Morgan fingerprint density at radius 1 is 1.32 bits per heavy atom. The van der Waals surface area contributed by atoms with Gasteiger partial charge in [-0.2, -0.15) is 0 Å². The number of carboxylic acids is 1. The smallest absolute Gasteiger partial charge is 0.305 e. The number of hydrogen-bond donors (Lipinski definition) is 2. The largest absolute Gasteiger partial charge is 0.481 e. The summed E-state index contributed by atoms with van der Waals surface area (Å²) in [7, 11) is 0. The summed E-state index contributed by atoms with van der Waals surface area (Å²) in [6.07, 6.45) is 8.06. The van der Waals surface area contributed by atoms with Crippen molar-refractivity contribution in [2.75, 3.05) is 5.32 Å². The van der Waals surface area contributed by atoms with E-state index >= 15 is 0 Å². The normalized spacial score (nSPS) is 12.7. The minimum absolute atomic E-state index is 0.0104. The molecule has 0 saturated heterocycles. The summed E-state index contributed by atoms with van der Waals surface area (Å²) >= 11 is 0. The number of rotatable bonds is 7. The van der Waals surface area contributed by atoms with E-state index in [0.29, 0.717) is 5.56 Å². The maximum Gasteiger partial charge on any atom is 0.305 e. The lowest BCUT2D eigenvalue weighted by Gasteiger charge is -2.14. The summed E-state index contributed by atoms with van der Waals surface area (Å²) in [5, 5.41) is 12.0. The van der Waals surface area contributed by atoms with E-state index in [1.54, 1.807) is 36.4 Å². The minimum Gasteiger partial charge on any atom is -0.481 e. The van der Waals surface area contributed by atoms with Gasteiger partial charge in [-0.25, -0.2) is 0 Å². The van der Waals surface area contributed by atoms with Crippen molar-refractivity contribution < 1.29 is 14.7 Å². The van der Waals surface area contributed by atoms with Gasteiger partial charge in [0.05, 0.1) is 12.5 Å². The van der Waals surface area contributed by atoms with Crippen molar-refractivity contribution in [3.63, 3.8) is 0 Å². The molecule has 19 heavy (non-hydrogen) atoms. The second-order valence-corrected chi connectivity index (χ2v) is 4.00. The number of aldehydes is 1. The van der Waals surface area contributed by atoms with E-state index in [-0.39, 0.29) is 12.5 Å². The molecule has 0 amide bonds. The van der Waals surface area contributed by atoms with E-state index in [1.807, 2.05) is 19.1 Å². The Kier molecular flexibility index (Phi) is 6.09. The summed E-state index contributed by atoms with van der Waals surface area (Å²) in [6, 6.07) is 6.58. The van der Waals surface area contributed by atoms with Gasteiger partial charge in [0.25, 0.3) is 0 Å². The van der Waals surface area contributed by atoms with Crippen molar-refractivity contribution >= 4 is 17.9 Å². The molecule has 0 fully saturated rings. The molecule has 1 atom stereocenters. The van der Waals surface area contributed by atoms with Crippen LogP contribution in [0.3, 0.4) is 0 Å². The zero-order valence-corrected chi connectivity index (χ0v) is 10.7. The van der Waals surface area contributed by atoms with E-state index < -0.39 is 5.97 Å². The van der Waals surface area contributed by atoms with E-state index in [0.717, 1.165) is 12.0 Å². The highest BCUT2D eigenvalue weighted by molar-refractivity contribution is 5.75. The zero-order chi connectivity index (χ0) is 14.1. The number of anilines is 1. The van der Waals surface area contributed by atoms with Crippen LogP contribution in [-0.2, 0) is 4.79 Å². The van der Waals surface area contributed by atoms with Crippen molar-refractivity contribution in [2.45, 2.75) is 19.4 Å². The second kappa shape index (κ2) is 7.87. The number of carbonyl (C=O) groups excluding carboxylic acids is 1. The van der Waals surface area contributed by atoms with Crippen LogP contribution in [0.5, 0.6) is 0 Å². The van der Waals surface area contributed by atoms with Gasteiger partial charge >= 0.3 is 5.97 Å². The average Bonchev–Trinajstić information content (AvgIpc) is 2.39. The average molecular weight is 259 g/mol. The van der Waals surface area contributed by atoms with Crippen molar-refractivity contribution in [1.29, 1.82) is 0 Å². The first-order valence-corrected chi connectivity index (χ1v) is 5.98. The number of allylic oxidation sites excluding steroid dienone is 3. The molecule has 0 aromatic heterocycles. The van der Waals surface area contributed by atoms with Crippen LogP contribution in [0.2, 0.25) is 0 Å². The molecule has 0 spiro atoms. The maximum atomic E-state index is 10.8. The summed E-state index contributed by atoms with van der Waals surface area (Å²) < 4.78 is 0. The van der Waals surface area contributed by atoms with Crippen molar-refractivity contribution in [1.82, 2.24) is 0 Å². The highest BCUT2D eigenvalue weighted by Gasteiger charge is 2.09. The zero-order valence-electron chi connectivity index (χ0n) is 10.7.